The Morgan fingerprint density at radius 1 is 1.16 bits per heavy atom. The van der Waals surface area contributed by atoms with Gasteiger partial charge in [-0.25, -0.2) is 0 Å². The summed E-state index contributed by atoms with van der Waals surface area (Å²) in [5, 5.41) is 3.32. The lowest BCUT2D eigenvalue weighted by Gasteiger charge is -2.22. The van der Waals surface area contributed by atoms with Gasteiger partial charge in [-0.3, -0.25) is 0 Å². The molecular formula is C15H25NO3. The Morgan fingerprint density at radius 2 is 1.89 bits per heavy atom. The van der Waals surface area contributed by atoms with Gasteiger partial charge in [-0.05, 0) is 26.5 Å². The summed E-state index contributed by atoms with van der Waals surface area (Å²) in [5.41, 5.74) is 1.16. The van der Waals surface area contributed by atoms with Gasteiger partial charge in [0.15, 0.2) is 0 Å². The lowest BCUT2D eigenvalue weighted by atomic mass is 10.0. The summed E-state index contributed by atoms with van der Waals surface area (Å²) in [5.74, 6) is 0.905. The second kappa shape index (κ2) is 8.91. The second-order valence-electron chi connectivity index (χ2n) is 4.50. The number of rotatable bonds is 9. The van der Waals surface area contributed by atoms with E-state index < -0.39 is 0 Å². The largest absolute Gasteiger partial charge is 0.491 e. The van der Waals surface area contributed by atoms with Crippen LogP contribution in [0.3, 0.4) is 0 Å². The number of para-hydroxylation sites is 1. The Hall–Kier alpha value is -1.10. The van der Waals surface area contributed by atoms with Crippen LogP contribution >= 0.6 is 0 Å². The monoisotopic (exact) mass is 267 g/mol. The molecule has 0 saturated heterocycles. The standard InChI is InChI=1S/C15H25NO3/c1-12(18-4)11-14(16-2)13-7-5-6-8-15(13)19-10-9-17-3/h5-8,12,14,16H,9-11H2,1-4H3. The van der Waals surface area contributed by atoms with Crippen molar-refractivity contribution in [1.29, 1.82) is 0 Å². The van der Waals surface area contributed by atoms with E-state index >= 15 is 0 Å². The number of nitrogens with one attached hydrogen (secondary N) is 1. The molecule has 0 aliphatic rings. The fourth-order valence-electron chi connectivity index (χ4n) is 1.96. The molecule has 4 nitrogen and oxygen atoms in total. The van der Waals surface area contributed by atoms with Crippen LogP contribution in [0, 0.1) is 0 Å². The van der Waals surface area contributed by atoms with E-state index in [9.17, 15) is 0 Å². The van der Waals surface area contributed by atoms with Gasteiger partial charge in [0.2, 0.25) is 0 Å². The molecule has 4 heteroatoms. The maximum absolute atomic E-state index is 5.77. The molecule has 0 amide bonds. The molecule has 0 heterocycles. The molecule has 19 heavy (non-hydrogen) atoms. The lowest BCUT2D eigenvalue weighted by molar-refractivity contribution is 0.100. The van der Waals surface area contributed by atoms with Crippen LogP contribution in [0.25, 0.3) is 0 Å². The predicted molar refractivity (Wildman–Crippen MR) is 76.7 cm³/mol. The highest BCUT2D eigenvalue weighted by Gasteiger charge is 2.17. The van der Waals surface area contributed by atoms with Crippen LogP contribution in [-0.2, 0) is 9.47 Å². The molecule has 1 N–H and O–H groups in total. The number of benzene rings is 1. The Morgan fingerprint density at radius 3 is 2.53 bits per heavy atom. The van der Waals surface area contributed by atoms with E-state index in [0.29, 0.717) is 13.2 Å². The van der Waals surface area contributed by atoms with Crippen molar-refractivity contribution >= 4 is 0 Å². The van der Waals surface area contributed by atoms with E-state index in [1.165, 1.54) is 0 Å². The van der Waals surface area contributed by atoms with Crippen molar-refractivity contribution in [2.45, 2.75) is 25.5 Å². The molecule has 0 radical (unpaired) electrons. The molecule has 0 fully saturated rings. The summed E-state index contributed by atoms with van der Waals surface area (Å²) in [6.45, 7) is 3.22. The maximum atomic E-state index is 5.77. The Labute approximate surface area is 116 Å². The first kappa shape index (κ1) is 16.0. The average Bonchev–Trinajstić information content (AvgIpc) is 2.45. The summed E-state index contributed by atoms with van der Waals surface area (Å²) in [4.78, 5) is 0. The average molecular weight is 267 g/mol. The summed E-state index contributed by atoms with van der Waals surface area (Å²) in [7, 11) is 5.36. The third-order valence-electron chi connectivity index (χ3n) is 3.16. The van der Waals surface area contributed by atoms with Crippen molar-refractivity contribution in [3.8, 4) is 5.75 Å². The lowest BCUT2D eigenvalue weighted by Crippen LogP contribution is -2.22. The van der Waals surface area contributed by atoms with Crippen LogP contribution < -0.4 is 10.1 Å². The summed E-state index contributed by atoms with van der Waals surface area (Å²) >= 11 is 0. The summed E-state index contributed by atoms with van der Waals surface area (Å²) < 4.78 is 16.1. The zero-order valence-corrected chi connectivity index (χ0v) is 12.3. The minimum Gasteiger partial charge on any atom is -0.491 e. The molecule has 1 aromatic carbocycles. The summed E-state index contributed by atoms with van der Waals surface area (Å²) in [6, 6.07) is 8.31. The maximum Gasteiger partial charge on any atom is 0.124 e. The minimum absolute atomic E-state index is 0.199. The first-order chi connectivity index (χ1) is 9.22. The molecule has 0 aliphatic carbocycles. The molecule has 1 aromatic rings. The van der Waals surface area contributed by atoms with Crippen molar-refractivity contribution in [3.63, 3.8) is 0 Å². The van der Waals surface area contributed by atoms with E-state index in [1.54, 1.807) is 14.2 Å². The SMILES string of the molecule is CNC(CC(C)OC)c1ccccc1OCCOC. The number of methoxy groups -OCH3 is 2. The van der Waals surface area contributed by atoms with Gasteiger partial charge in [0.1, 0.15) is 12.4 Å². The topological polar surface area (TPSA) is 39.7 Å². The number of hydrogen-bond donors (Lipinski definition) is 1. The molecule has 0 aromatic heterocycles. The molecule has 0 aliphatic heterocycles. The van der Waals surface area contributed by atoms with E-state index in [4.69, 9.17) is 14.2 Å². The van der Waals surface area contributed by atoms with E-state index in [-0.39, 0.29) is 12.1 Å². The third-order valence-corrected chi connectivity index (χ3v) is 3.16. The molecule has 0 spiro atoms. The van der Waals surface area contributed by atoms with Crippen molar-refractivity contribution < 1.29 is 14.2 Å². The van der Waals surface area contributed by atoms with E-state index in [0.717, 1.165) is 17.7 Å². The van der Waals surface area contributed by atoms with Gasteiger partial charge in [-0.15, -0.1) is 0 Å². The first-order valence-electron chi connectivity index (χ1n) is 6.63. The number of ether oxygens (including phenoxy) is 3. The molecule has 2 atom stereocenters. The van der Waals surface area contributed by atoms with Gasteiger partial charge in [0.05, 0.1) is 12.7 Å². The Bertz CT molecular complexity index is 357. The van der Waals surface area contributed by atoms with Gasteiger partial charge < -0.3 is 19.5 Å². The molecular weight excluding hydrogens is 242 g/mol. The minimum atomic E-state index is 0.199. The van der Waals surface area contributed by atoms with Gasteiger partial charge in [-0.2, -0.15) is 0 Å². The van der Waals surface area contributed by atoms with Crippen LogP contribution in [0.15, 0.2) is 24.3 Å². The Kier molecular flexibility index (Phi) is 7.48. The highest BCUT2D eigenvalue weighted by atomic mass is 16.5. The zero-order valence-electron chi connectivity index (χ0n) is 12.3. The normalized spacial score (nSPS) is 14.1. The van der Waals surface area contributed by atoms with Crippen LogP contribution in [0.2, 0.25) is 0 Å². The Balaban J connectivity index is 2.77. The van der Waals surface area contributed by atoms with Gasteiger partial charge in [0.25, 0.3) is 0 Å². The highest BCUT2D eigenvalue weighted by molar-refractivity contribution is 5.36. The van der Waals surface area contributed by atoms with Crippen molar-refractivity contribution in [2.75, 3.05) is 34.5 Å². The van der Waals surface area contributed by atoms with E-state index in [2.05, 4.69) is 18.3 Å². The van der Waals surface area contributed by atoms with E-state index in [1.807, 2.05) is 25.2 Å². The molecule has 2 unspecified atom stereocenters. The quantitative estimate of drug-likeness (QED) is 0.697. The smallest absolute Gasteiger partial charge is 0.124 e. The molecule has 108 valence electrons. The molecule has 0 saturated carbocycles. The molecule has 0 bridgehead atoms. The molecule has 1 rings (SSSR count). The third kappa shape index (κ3) is 5.19. The number of hydrogen-bond acceptors (Lipinski definition) is 4. The van der Waals surface area contributed by atoms with Crippen LogP contribution in [0.5, 0.6) is 5.75 Å². The predicted octanol–water partition coefficient (Wildman–Crippen LogP) is 2.40. The van der Waals surface area contributed by atoms with Crippen molar-refractivity contribution in [1.82, 2.24) is 5.32 Å². The first-order valence-corrected chi connectivity index (χ1v) is 6.63. The summed E-state index contributed by atoms with van der Waals surface area (Å²) in [6.07, 6.45) is 1.10. The fraction of sp³-hybridized carbons (Fsp3) is 0.600. The van der Waals surface area contributed by atoms with Crippen molar-refractivity contribution in [3.05, 3.63) is 29.8 Å². The van der Waals surface area contributed by atoms with Gasteiger partial charge >= 0.3 is 0 Å². The zero-order chi connectivity index (χ0) is 14.1. The van der Waals surface area contributed by atoms with Gasteiger partial charge in [0, 0.05) is 25.8 Å². The fourth-order valence-corrected chi connectivity index (χ4v) is 1.96. The van der Waals surface area contributed by atoms with Crippen molar-refractivity contribution in [2.24, 2.45) is 0 Å². The van der Waals surface area contributed by atoms with Crippen LogP contribution in [0.1, 0.15) is 24.9 Å². The van der Waals surface area contributed by atoms with Crippen LogP contribution in [-0.4, -0.2) is 40.6 Å². The second-order valence-corrected chi connectivity index (χ2v) is 4.50. The van der Waals surface area contributed by atoms with Crippen LogP contribution in [0.4, 0.5) is 0 Å². The van der Waals surface area contributed by atoms with Gasteiger partial charge in [-0.1, -0.05) is 18.2 Å². The highest BCUT2D eigenvalue weighted by Crippen LogP contribution is 2.28.